The van der Waals surface area contributed by atoms with Gasteiger partial charge < -0.3 is 4.74 Å². The van der Waals surface area contributed by atoms with E-state index in [9.17, 15) is 13.2 Å². The molecule has 0 amide bonds. The second-order valence-corrected chi connectivity index (χ2v) is 7.65. The number of ether oxygens (including phenoxy) is 1. The van der Waals surface area contributed by atoms with Gasteiger partial charge >= 0.3 is 5.97 Å². The second-order valence-electron chi connectivity index (χ2n) is 3.95. The Kier molecular flexibility index (Phi) is 4.57. The summed E-state index contributed by atoms with van der Waals surface area (Å²) in [6, 6.07) is 1.22. The fraction of sp³-hybridized carbons (Fsp3) is 0.500. The first-order valence-electron chi connectivity index (χ1n) is 4.96. The number of rotatable bonds is 4. The largest absolute Gasteiger partial charge is 0.459 e. The van der Waals surface area contributed by atoms with Gasteiger partial charge in [-0.1, -0.05) is 13.8 Å². The fourth-order valence-electron chi connectivity index (χ4n) is 0.924. The summed E-state index contributed by atoms with van der Waals surface area (Å²) in [4.78, 5) is 11.6. The molecule has 1 aromatic heterocycles. The Morgan fingerprint density at radius 1 is 1.41 bits per heavy atom. The van der Waals surface area contributed by atoms with E-state index in [-0.39, 0.29) is 21.8 Å². The smallest absolute Gasteiger partial charge is 0.339 e. The van der Waals surface area contributed by atoms with Crippen LogP contribution in [0.2, 0.25) is 0 Å². The third-order valence-electron chi connectivity index (χ3n) is 2.28. The highest BCUT2D eigenvalue weighted by Gasteiger charge is 2.19. The van der Waals surface area contributed by atoms with Crippen molar-refractivity contribution < 1.29 is 17.9 Å². The molecule has 0 aliphatic rings. The van der Waals surface area contributed by atoms with Gasteiger partial charge in [0.25, 0.3) is 9.05 Å². The van der Waals surface area contributed by atoms with Crippen LogP contribution in [-0.2, 0) is 13.8 Å². The number of hydrogen-bond donors (Lipinski definition) is 0. The van der Waals surface area contributed by atoms with Crippen molar-refractivity contribution in [2.24, 2.45) is 5.92 Å². The summed E-state index contributed by atoms with van der Waals surface area (Å²) in [5.74, 6) is -0.331. The van der Waals surface area contributed by atoms with Crippen molar-refractivity contribution in [3.63, 3.8) is 0 Å². The van der Waals surface area contributed by atoms with Crippen LogP contribution in [0, 0.1) is 5.92 Å². The Bertz CT molecular complexity index is 504. The van der Waals surface area contributed by atoms with Crippen molar-refractivity contribution in [2.75, 3.05) is 0 Å². The minimum absolute atomic E-state index is 0.0525. The van der Waals surface area contributed by atoms with Crippen LogP contribution in [0.1, 0.15) is 31.1 Å². The molecule has 7 heteroatoms. The van der Waals surface area contributed by atoms with E-state index in [2.05, 4.69) is 0 Å². The van der Waals surface area contributed by atoms with Crippen molar-refractivity contribution in [2.45, 2.75) is 31.1 Å². The molecular formula is C10H13ClO4S2. The highest BCUT2D eigenvalue weighted by Crippen LogP contribution is 2.24. The van der Waals surface area contributed by atoms with Gasteiger partial charge in [-0.3, -0.25) is 0 Å². The monoisotopic (exact) mass is 296 g/mol. The molecule has 1 heterocycles. The van der Waals surface area contributed by atoms with Gasteiger partial charge in [0.2, 0.25) is 0 Å². The SMILES string of the molecule is CC(C)C(C)OC(=O)c1csc(S(=O)(=O)Cl)c1. The van der Waals surface area contributed by atoms with Crippen molar-refractivity contribution in [3.8, 4) is 0 Å². The maximum absolute atomic E-state index is 11.6. The van der Waals surface area contributed by atoms with Crippen molar-refractivity contribution in [1.29, 1.82) is 0 Å². The van der Waals surface area contributed by atoms with Crippen molar-refractivity contribution >= 4 is 37.0 Å². The van der Waals surface area contributed by atoms with E-state index >= 15 is 0 Å². The number of hydrogen-bond acceptors (Lipinski definition) is 5. The van der Waals surface area contributed by atoms with Gasteiger partial charge in [-0.2, -0.15) is 0 Å². The van der Waals surface area contributed by atoms with Gasteiger partial charge in [0.15, 0.2) is 0 Å². The first-order valence-corrected chi connectivity index (χ1v) is 8.15. The fourth-order valence-corrected chi connectivity index (χ4v) is 2.86. The van der Waals surface area contributed by atoms with Crippen LogP contribution < -0.4 is 0 Å². The van der Waals surface area contributed by atoms with Gasteiger partial charge in [-0.25, -0.2) is 13.2 Å². The molecule has 0 aliphatic heterocycles. The molecule has 0 bridgehead atoms. The summed E-state index contributed by atoms with van der Waals surface area (Å²) in [7, 11) is 1.39. The van der Waals surface area contributed by atoms with E-state index in [1.54, 1.807) is 6.92 Å². The molecule has 0 radical (unpaired) electrons. The average molecular weight is 297 g/mol. The summed E-state index contributed by atoms with van der Waals surface area (Å²) in [5, 5.41) is 1.42. The number of carbonyl (C=O) groups excluding carboxylic acids is 1. The first-order chi connectivity index (χ1) is 7.71. The maximum atomic E-state index is 11.6. The maximum Gasteiger partial charge on any atom is 0.339 e. The summed E-state index contributed by atoms with van der Waals surface area (Å²) < 4.78 is 27.1. The van der Waals surface area contributed by atoms with Crippen LogP contribution in [-0.4, -0.2) is 20.5 Å². The highest BCUT2D eigenvalue weighted by atomic mass is 35.7. The van der Waals surface area contributed by atoms with Crippen LogP contribution in [0.3, 0.4) is 0 Å². The Morgan fingerprint density at radius 2 is 2.00 bits per heavy atom. The van der Waals surface area contributed by atoms with E-state index < -0.39 is 15.0 Å². The topological polar surface area (TPSA) is 60.4 Å². The summed E-state index contributed by atoms with van der Waals surface area (Å²) >= 11 is 0.900. The zero-order chi connectivity index (χ0) is 13.2. The van der Waals surface area contributed by atoms with Crippen LogP contribution in [0.15, 0.2) is 15.7 Å². The third kappa shape index (κ3) is 3.97. The Labute approximate surface area is 109 Å². The molecule has 0 N–H and O–H groups in total. The lowest BCUT2D eigenvalue weighted by Gasteiger charge is -2.15. The zero-order valence-corrected chi connectivity index (χ0v) is 12.0. The van der Waals surface area contributed by atoms with E-state index in [4.69, 9.17) is 15.4 Å². The van der Waals surface area contributed by atoms with Gasteiger partial charge in [0, 0.05) is 16.1 Å². The normalized spacial score (nSPS) is 13.7. The molecule has 1 aromatic rings. The molecule has 0 fully saturated rings. The summed E-state index contributed by atoms with van der Waals surface area (Å²) in [6.07, 6.45) is -0.224. The highest BCUT2D eigenvalue weighted by molar-refractivity contribution is 8.15. The van der Waals surface area contributed by atoms with Crippen molar-refractivity contribution in [3.05, 3.63) is 17.0 Å². The lowest BCUT2D eigenvalue weighted by atomic mass is 10.1. The minimum atomic E-state index is -3.78. The van der Waals surface area contributed by atoms with Crippen LogP contribution in [0.25, 0.3) is 0 Å². The van der Waals surface area contributed by atoms with Crippen LogP contribution in [0.4, 0.5) is 0 Å². The van der Waals surface area contributed by atoms with Crippen LogP contribution >= 0.6 is 22.0 Å². The Morgan fingerprint density at radius 3 is 2.41 bits per heavy atom. The number of halogens is 1. The lowest BCUT2D eigenvalue weighted by Crippen LogP contribution is -2.19. The lowest BCUT2D eigenvalue weighted by molar-refractivity contribution is 0.0238. The van der Waals surface area contributed by atoms with Gasteiger partial charge in [-0.15, -0.1) is 11.3 Å². The molecule has 17 heavy (non-hydrogen) atoms. The van der Waals surface area contributed by atoms with E-state index in [0.717, 1.165) is 11.3 Å². The number of thiophene rings is 1. The molecule has 96 valence electrons. The first kappa shape index (κ1) is 14.5. The van der Waals surface area contributed by atoms with Gasteiger partial charge in [0.05, 0.1) is 5.56 Å². The standard InChI is InChI=1S/C10H13ClO4S2/c1-6(2)7(3)15-10(12)8-4-9(16-5-8)17(11,13)14/h4-7H,1-3H3. The van der Waals surface area contributed by atoms with E-state index in [1.807, 2.05) is 13.8 Å². The molecule has 0 saturated heterocycles. The Balaban J connectivity index is 2.81. The molecular weight excluding hydrogens is 284 g/mol. The van der Waals surface area contributed by atoms with Crippen LogP contribution in [0.5, 0.6) is 0 Å². The molecule has 4 nitrogen and oxygen atoms in total. The second kappa shape index (κ2) is 5.37. The molecule has 1 atom stereocenters. The average Bonchev–Trinajstić information content (AvgIpc) is 2.65. The molecule has 0 saturated carbocycles. The molecule has 0 aliphatic carbocycles. The Hall–Kier alpha value is -0.590. The zero-order valence-electron chi connectivity index (χ0n) is 9.64. The molecule has 1 rings (SSSR count). The third-order valence-corrected chi connectivity index (χ3v) is 5.32. The molecule has 0 spiro atoms. The number of esters is 1. The number of carbonyl (C=O) groups is 1. The quantitative estimate of drug-likeness (QED) is 0.633. The molecule has 1 unspecified atom stereocenters. The summed E-state index contributed by atoms with van der Waals surface area (Å²) in [5.41, 5.74) is 0.210. The minimum Gasteiger partial charge on any atom is -0.459 e. The van der Waals surface area contributed by atoms with Crippen molar-refractivity contribution in [1.82, 2.24) is 0 Å². The summed E-state index contributed by atoms with van der Waals surface area (Å²) in [6.45, 7) is 5.65. The van der Waals surface area contributed by atoms with E-state index in [0.29, 0.717) is 0 Å². The van der Waals surface area contributed by atoms with Gasteiger partial charge in [-0.05, 0) is 18.9 Å². The predicted molar refractivity (Wildman–Crippen MR) is 67.1 cm³/mol. The van der Waals surface area contributed by atoms with Gasteiger partial charge in [0.1, 0.15) is 10.3 Å². The van der Waals surface area contributed by atoms with E-state index in [1.165, 1.54) is 11.4 Å². The molecule has 0 aromatic carbocycles. The predicted octanol–water partition coefficient (Wildman–Crippen LogP) is 2.88.